The molecule has 1 fully saturated rings. The molecule has 84 valence electrons. The summed E-state index contributed by atoms with van der Waals surface area (Å²) in [6, 6.07) is 0.0579. The van der Waals surface area contributed by atoms with Gasteiger partial charge < -0.3 is 5.73 Å². The summed E-state index contributed by atoms with van der Waals surface area (Å²) in [5, 5.41) is 5.22. The van der Waals surface area contributed by atoms with E-state index in [0.717, 1.165) is 16.4 Å². The molecule has 1 atom stereocenters. The maximum absolute atomic E-state index is 6.33. The van der Waals surface area contributed by atoms with Crippen LogP contribution in [0.3, 0.4) is 0 Å². The van der Waals surface area contributed by atoms with Crippen molar-refractivity contribution < 1.29 is 0 Å². The van der Waals surface area contributed by atoms with E-state index in [9.17, 15) is 0 Å². The second kappa shape index (κ2) is 3.80. The van der Waals surface area contributed by atoms with Gasteiger partial charge in [-0.1, -0.05) is 25.4 Å². The van der Waals surface area contributed by atoms with E-state index in [1.165, 1.54) is 12.8 Å². The minimum Gasteiger partial charge on any atom is -0.322 e. The van der Waals surface area contributed by atoms with E-state index < -0.39 is 0 Å². The Kier molecular flexibility index (Phi) is 2.77. The largest absolute Gasteiger partial charge is 0.322 e. The number of nitrogens with two attached hydrogens (primary N) is 1. The van der Waals surface area contributed by atoms with Crippen LogP contribution in [0.5, 0.6) is 0 Å². The van der Waals surface area contributed by atoms with Crippen LogP contribution in [-0.2, 0) is 7.05 Å². The molecular formula is C11H18ClN3. The maximum atomic E-state index is 6.33. The van der Waals surface area contributed by atoms with Gasteiger partial charge in [-0.15, -0.1) is 0 Å². The molecule has 3 nitrogen and oxygen atoms in total. The normalized spacial score (nSPS) is 18.5. The van der Waals surface area contributed by atoms with Crippen LogP contribution in [0.2, 0.25) is 5.02 Å². The highest BCUT2D eigenvalue weighted by atomic mass is 35.5. The van der Waals surface area contributed by atoms with Gasteiger partial charge in [0.1, 0.15) is 0 Å². The molecule has 0 aromatic carbocycles. The molecule has 0 saturated heterocycles. The van der Waals surface area contributed by atoms with E-state index in [1.54, 1.807) is 0 Å². The predicted molar refractivity (Wildman–Crippen MR) is 62.0 cm³/mol. The van der Waals surface area contributed by atoms with Crippen LogP contribution in [0.1, 0.15) is 50.0 Å². The van der Waals surface area contributed by atoms with Crippen LogP contribution in [0, 0.1) is 5.92 Å². The topological polar surface area (TPSA) is 43.8 Å². The number of hydrogen-bond donors (Lipinski definition) is 1. The average molecular weight is 228 g/mol. The van der Waals surface area contributed by atoms with Crippen molar-refractivity contribution in [3.05, 3.63) is 16.4 Å². The van der Waals surface area contributed by atoms with Gasteiger partial charge in [0.25, 0.3) is 0 Å². The monoisotopic (exact) mass is 227 g/mol. The highest BCUT2D eigenvalue weighted by Crippen LogP contribution is 2.42. The lowest BCUT2D eigenvalue weighted by atomic mass is 10.1. The fraction of sp³-hybridized carbons (Fsp3) is 0.727. The number of aryl methyl sites for hydroxylation is 1. The molecule has 1 unspecified atom stereocenters. The molecule has 1 heterocycles. The van der Waals surface area contributed by atoms with Gasteiger partial charge in [-0.2, -0.15) is 5.10 Å². The van der Waals surface area contributed by atoms with Crippen molar-refractivity contribution in [3.8, 4) is 0 Å². The van der Waals surface area contributed by atoms with E-state index in [4.69, 9.17) is 17.3 Å². The third-order valence-electron chi connectivity index (χ3n) is 3.05. The van der Waals surface area contributed by atoms with Gasteiger partial charge in [0.05, 0.1) is 22.5 Å². The lowest BCUT2D eigenvalue weighted by molar-refractivity contribution is 0.563. The Labute approximate surface area is 95.6 Å². The summed E-state index contributed by atoms with van der Waals surface area (Å²) in [4.78, 5) is 0. The van der Waals surface area contributed by atoms with E-state index >= 15 is 0 Å². The lowest BCUT2D eigenvalue weighted by Crippen LogP contribution is -2.16. The average Bonchev–Trinajstić information content (AvgIpc) is 2.92. The van der Waals surface area contributed by atoms with Crippen molar-refractivity contribution in [3.63, 3.8) is 0 Å². The van der Waals surface area contributed by atoms with Crippen LogP contribution < -0.4 is 5.73 Å². The molecule has 2 N–H and O–H groups in total. The number of rotatable bonds is 3. The van der Waals surface area contributed by atoms with Crippen molar-refractivity contribution in [1.29, 1.82) is 0 Å². The first-order chi connectivity index (χ1) is 7.02. The Hall–Kier alpha value is -0.540. The molecule has 0 bridgehead atoms. The van der Waals surface area contributed by atoms with Gasteiger partial charge in [-0.25, -0.2) is 0 Å². The van der Waals surface area contributed by atoms with E-state index in [2.05, 4.69) is 18.9 Å². The Bertz CT molecular complexity index is 366. The van der Waals surface area contributed by atoms with E-state index in [1.807, 2.05) is 11.7 Å². The molecule has 4 heteroatoms. The third-order valence-corrected chi connectivity index (χ3v) is 3.44. The maximum Gasteiger partial charge on any atom is 0.0868 e. The zero-order valence-corrected chi connectivity index (χ0v) is 10.3. The minimum absolute atomic E-state index is 0.0579. The Balaban J connectivity index is 2.37. The van der Waals surface area contributed by atoms with Crippen LogP contribution in [0.4, 0.5) is 0 Å². The van der Waals surface area contributed by atoms with Crippen molar-refractivity contribution in [1.82, 2.24) is 9.78 Å². The fourth-order valence-corrected chi connectivity index (χ4v) is 2.45. The Morgan fingerprint density at radius 1 is 1.47 bits per heavy atom. The lowest BCUT2D eigenvalue weighted by Gasteiger charge is -2.11. The molecule has 1 saturated carbocycles. The standard InChI is InChI=1S/C11H18ClN3/c1-6(2)10-8(12)11(15(3)14-10)9(13)7-4-5-7/h6-7,9H,4-5,13H2,1-3H3. The predicted octanol–water partition coefficient (Wildman–Crippen LogP) is 2.61. The summed E-state index contributed by atoms with van der Waals surface area (Å²) < 4.78 is 1.85. The summed E-state index contributed by atoms with van der Waals surface area (Å²) in [7, 11) is 1.93. The van der Waals surface area contributed by atoms with Gasteiger partial charge >= 0.3 is 0 Å². The first-order valence-electron chi connectivity index (χ1n) is 5.50. The van der Waals surface area contributed by atoms with Crippen LogP contribution in [-0.4, -0.2) is 9.78 Å². The van der Waals surface area contributed by atoms with Gasteiger partial charge in [0, 0.05) is 7.05 Å². The molecule has 2 rings (SSSR count). The first-order valence-corrected chi connectivity index (χ1v) is 5.88. The van der Waals surface area contributed by atoms with E-state index in [-0.39, 0.29) is 6.04 Å². The fourth-order valence-electron chi connectivity index (χ4n) is 1.94. The second-order valence-corrected chi connectivity index (χ2v) is 5.10. The molecule has 0 spiro atoms. The summed E-state index contributed by atoms with van der Waals surface area (Å²) >= 11 is 6.33. The number of nitrogens with zero attached hydrogens (tertiary/aromatic N) is 2. The van der Waals surface area contributed by atoms with Gasteiger partial charge in [-0.3, -0.25) is 4.68 Å². The molecule has 0 radical (unpaired) electrons. The summed E-state index contributed by atoms with van der Waals surface area (Å²) in [5.41, 5.74) is 8.14. The highest BCUT2D eigenvalue weighted by molar-refractivity contribution is 6.32. The first kappa shape index (κ1) is 11.0. The minimum atomic E-state index is 0.0579. The summed E-state index contributed by atoms with van der Waals surface area (Å²) in [6.45, 7) is 4.20. The molecule has 0 aliphatic heterocycles. The second-order valence-electron chi connectivity index (χ2n) is 4.73. The Morgan fingerprint density at radius 3 is 2.47 bits per heavy atom. The van der Waals surface area contributed by atoms with Crippen LogP contribution in [0.25, 0.3) is 0 Å². The molecule has 15 heavy (non-hydrogen) atoms. The van der Waals surface area contributed by atoms with E-state index in [0.29, 0.717) is 11.8 Å². The zero-order valence-electron chi connectivity index (χ0n) is 9.50. The van der Waals surface area contributed by atoms with Crippen molar-refractivity contribution in [2.45, 2.75) is 38.6 Å². The van der Waals surface area contributed by atoms with Crippen molar-refractivity contribution >= 4 is 11.6 Å². The zero-order chi connectivity index (χ0) is 11.2. The number of halogens is 1. The van der Waals surface area contributed by atoms with Gasteiger partial charge in [0.15, 0.2) is 0 Å². The molecule has 1 aliphatic carbocycles. The van der Waals surface area contributed by atoms with Gasteiger partial charge in [-0.05, 0) is 24.7 Å². The molecule has 1 aromatic heterocycles. The van der Waals surface area contributed by atoms with Gasteiger partial charge in [0.2, 0.25) is 0 Å². The van der Waals surface area contributed by atoms with Crippen molar-refractivity contribution in [2.24, 2.45) is 18.7 Å². The van der Waals surface area contributed by atoms with Crippen molar-refractivity contribution in [2.75, 3.05) is 0 Å². The smallest absolute Gasteiger partial charge is 0.0868 e. The number of aromatic nitrogens is 2. The summed E-state index contributed by atoms with van der Waals surface area (Å²) in [5.74, 6) is 0.960. The SMILES string of the molecule is CC(C)c1nn(C)c(C(N)C2CC2)c1Cl. The molecule has 1 aliphatic rings. The molecular weight excluding hydrogens is 210 g/mol. The summed E-state index contributed by atoms with van der Waals surface area (Å²) in [6.07, 6.45) is 2.44. The highest BCUT2D eigenvalue weighted by Gasteiger charge is 2.33. The quantitative estimate of drug-likeness (QED) is 0.863. The van der Waals surface area contributed by atoms with Crippen LogP contribution >= 0.6 is 11.6 Å². The number of hydrogen-bond acceptors (Lipinski definition) is 2. The van der Waals surface area contributed by atoms with Crippen LogP contribution in [0.15, 0.2) is 0 Å². The molecule has 0 amide bonds. The third kappa shape index (κ3) is 1.91. The Morgan fingerprint density at radius 2 is 2.07 bits per heavy atom. The molecule has 1 aromatic rings.